The molecule has 3 aliphatic rings. The number of fused-ring (bicyclic) bond motifs is 2. The van der Waals surface area contributed by atoms with Crippen LogP contribution in [0.5, 0.6) is 11.5 Å². The van der Waals surface area contributed by atoms with Crippen molar-refractivity contribution >= 4 is 23.5 Å². The number of halogens is 1. The number of nitrogens with zero attached hydrogens (tertiary/aromatic N) is 3. The third-order valence-corrected chi connectivity index (χ3v) is 5.36. The third-order valence-electron chi connectivity index (χ3n) is 5.36. The molecule has 3 amide bonds. The van der Waals surface area contributed by atoms with Crippen molar-refractivity contribution in [3.05, 3.63) is 53.8 Å². The van der Waals surface area contributed by atoms with E-state index >= 15 is 0 Å². The number of aliphatic imine (C=N–C) groups is 1. The zero-order chi connectivity index (χ0) is 19.4. The van der Waals surface area contributed by atoms with Crippen LogP contribution in [0.3, 0.4) is 0 Å². The lowest BCUT2D eigenvalue weighted by molar-refractivity contribution is -0.118. The smallest absolute Gasteiger partial charge is 0.345 e. The van der Waals surface area contributed by atoms with Crippen LogP contribution in [0, 0.1) is 5.82 Å². The average Bonchev–Trinajstić information content (AvgIpc) is 3.26. The summed E-state index contributed by atoms with van der Waals surface area (Å²) in [5.41, 5.74) is 1.36. The van der Waals surface area contributed by atoms with Gasteiger partial charge in [0, 0.05) is 19.4 Å². The Kier molecular flexibility index (Phi) is 3.61. The van der Waals surface area contributed by atoms with Gasteiger partial charge >= 0.3 is 6.03 Å². The third kappa shape index (κ3) is 2.45. The number of hydrogen-bond acceptors (Lipinski definition) is 4. The summed E-state index contributed by atoms with van der Waals surface area (Å²) in [5, 5.41) is 0. The monoisotopic (exact) mass is 381 g/mol. The number of urea groups is 1. The zero-order valence-electron chi connectivity index (χ0n) is 15.0. The summed E-state index contributed by atoms with van der Waals surface area (Å²) in [4.78, 5) is 32.4. The van der Waals surface area contributed by atoms with E-state index in [9.17, 15) is 14.0 Å². The number of rotatable bonds is 2. The van der Waals surface area contributed by atoms with E-state index in [1.165, 1.54) is 34.1 Å². The molecule has 0 unspecified atom stereocenters. The Balaban J connectivity index is 1.56. The average molecular weight is 381 g/mol. The van der Waals surface area contributed by atoms with E-state index in [2.05, 4.69) is 4.99 Å². The molecule has 28 heavy (non-hydrogen) atoms. The zero-order valence-corrected chi connectivity index (χ0v) is 15.0. The number of carbonyl (C=O) groups is 2. The number of benzene rings is 2. The van der Waals surface area contributed by atoms with Gasteiger partial charge in [0.25, 0.3) is 0 Å². The molecule has 2 aromatic carbocycles. The van der Waals surface area contributed by atoms with Crippen LogP contribution < -0.4 is 14.4 Å². The SMILES string of the molecule is CN1C(=O)N=C2[C@H]1[C@@H](c1ccc3c(c1)OCO3)CC(=O)N2c1ccc(F)cc1. The van der Waals surface area contributed by atoms with Gasteiger partial charge in [-0.15, -0.1) is 0 Å². The molecule has 1 fully saturated rings. The van der Waals surface area contributed by atoms with E-state index in [4.69, 9.17) is 9.47 Å². The van der Waals surface area contributed by atoms with Crippen LogP contribution in [0.1, 0.15) is 17.9 Å². The number of hydrogen-bond donors (Lipinski definition) is 0. The minimum Gasteiger partial charge on any atom is -0.454 e. The lowest BCUT2D eigenvalue weighted by Crippen LogP contribution is -2.54. The largest absolute Gasteiger partial charge is 0.454 e. The molecule has 3 aliphatic heterocycles. The van der Waals surface area contributed by atoms with Crippen molar-refractivity contribution < 1.29 is 23.5 Å². The van der Waals surface area contributed by atoms with E-state index < -0.39 is 17.9 Å². The summed E-state index contributed by atoms with van der Waals surface area (Å²) in [6.07, 6.45) is 0.179. The normalized spacial score (nSPS) is 23.1. The highest BCUT2D eigenvalue weighted by molar-refractivity contribution is 6.25. The minimum absolute atomic E-state index is 0.162. The van der Waals surface area contributed by atoms with Crippen molar-refractivity contribution in [3.63, 3.8) is 0 Å². The summed E-state index contributed by atoms with van der Waals surface area (Å²) in [7, 11) is 1.67. The quantitative estimate of drug-likeness (QED) is 0.802. The highest BCUT2D eigenvalue weighted by Crippen LogP contribution is 2.41. The van der Waals surface area contributed by atoms with Crippen molar-refractivity contribution in [2.75, 3.05) is 18.7 Å². The van der Waals surface area contributed by atoms with E-state index in [1.807, 2.05) is 18.2 Å². The van der Waals surface area contributed by atoms with E-state index in [0.717, 1.165) is 5.56 Å². The minimum atomic E-state index is -0.410. The predicted molar refractivity (Wildman–Crippen MR) is 98.2 cm³/mol. The molecule has 0 bridgehead atoms. The second-order valence-electron chi connectivity index (χ2n) is 6.94. The standard InChI is InChI=1S/C20H16FN3O4/c1-23-18-14(11-2-7-15-16(8-11)28-10-27-15)9-17(25)24(19(18)22-20(23)26)13-5-3-12(21)4-6-13/h2-8,14,18H,9-10H2,1H3/t14-,18-/m1/s1. The lowest BCUT2D eigenvalue weighted by Gasteiger charge is -2.39. The molecule has 8 heteroatoms. The van der Waals surface area contributed by atoms with E-state index in [-0.39, 0.29) is 25.0 Å². The lowest BCUT2D eigenvalue weighted by atomic mass is 9.83. The maximum Gasteiger partial charge on any atom is 0.345 e. The first-order chi connectivity index (χ1) is 13.5. The number of anilines is 1. The van der Waals surface area contributed by atoms with Crippen LogP contribution in [-0.2, 0) is 4.79 Å². The number of ether oxygens (including phenoxy) is 2. The van der Waals surface area contributed by atoms with Crippen LogP contribution in [-0.4, -0.2) is 42.6 Å². The fraction of sp³-hybridized carbons (Fsp3) is 0.250. The van der Waals surface area contributed by atoms with Crippen LogP contribution in [0.15, 0.2) is 47.5 Å². The Morgan fingerprint density at radius 1 is 1.07 bits per heavy atom. The first kappa shape index (κ1) is 16.7. The molecule has 0 aromatic heterocycles. The summed E-state index contributed by atoms with van der Waals surface area (Å²) < 4.78 is 24.1. The Morgan fingerprint density at radius 3 is 2.61 bits per heavy atom. The summed E-state index contributed by atoms with van der Waals surface area (Å²) >= 11 is 0. The molecule has 0 radical (unpaired) electrons. The maximum atomic E-state index is 13.3. The van der Waals surface area contributed by atoms with Gasteiger partial charge in [-0.1, -0.05) is 6.07 Å². The highest BCUT2D eigenvalue weighted by Gasteiger charge is 2.48. The predicted octanol–water partition coefficient (Wildman–Crippen LogP) is 2.91. The fourth-order valence-corrected chi connectivity index (χ4v) is 4.00. The van der Waals surface area contributed by atoms with Gasteiger partial charge in [0.05, 0.1) is 11.7 Å². The summed E-state index contributed by atoms with van der Waals surface area (Å²) in [5.74, 6) is 0.767. The molecule has 5 rings (SSSR count). The number of amides is 3. The van der Waals surface area contributed by atoms with Crippen molar-refractivity contribution in [1.29, 1.82) is 0 Å². The Bertz CT molecular complexity index is 1020. The highest BCUT2D eigenvalue weighted by atomic mass is 19.1. The first-order valence-corrected chi connectivity index (χ1v) is 8.86. The molecular formula is C20H16FN3O4. The van der Waals surface area contributed by atoms with Crippen LogP contribution in [0.25, 0.3) is 0 Å². The van der Waals surface area contributed by atoms with Crippen molar-refractivity contribution in [2.45, 2.75) is 18.4 Å². The maximum absolute atomic E-state index is 13.3. The number of amidine groups is 1. The molecule has 0 N–H and O–H groups in total. The van der Waals surface area contributed by atoms with Crippen molar-refractivity contribution in [2.24, 2.45) is 4.99 Å². The molecule has 2 atom stereocenters. The van der Waals surface area contributed by atoms with Crippen LogP contribution in [0.2, 0.25) is 0 Å². The molecule has 7 nitrogen and oxygen atoms in total. The second-order valence-corrected chi connectivity index (χ2v) is 6.94. The molecule has 1 saturated heterocycles. The number of carbonyl (C=O) groups excluding carboxylic acids is 2. The Hall–Kier alpha value is -3.42. The molecule has 3 heterocycles. The molecule has 0 aliphatic carbocycles. The van der Waals surface area contributed by atoms with Gasteiger partial charge in [-0.25, -0.2) is 9.18 Å². The molecule has 0 spiro atoms. The van der Waals surface area contributed by atoms with Gasteiger partial charge in [0.1, 0.15) is 11.7 Å². The molecule has 142 valence electrons. The Morgan fingerprint density at radius 2 is 1.82 bits per heavy atom. The molecule has 2 aromatic rings. The summed E-state index contributed by atoms with van der Waals surface area (Å²) in [6.45, 7) is 0.162. The van der Waals surface area contributed by atoms with Gasteiger partial charge in [-0.2, -0.15) is 4.99 Å². The van der Waals surface area contributed by atoms with Gasteiger partial charge in [-0.3, -0.25) is 9.69 Å². The Labute approximate surface area is 160 Å². The van der Waals surface area contributed by atoms with Crippen LogP contribution in [0.4, 0.5) is 14.9 Å². The molecule has 0 saturated carbocycles. The van der Waals surface area contributed by atoms with Gasteiger partial charge < -0.3 is 14.4 Å². The summed E-state index contributed by atoms with van der Waals surface area (Å²) in [6, 6.07) is 10.3. The topological polar surface area (TPSA) is 71.4 Å². The van der Waals surface area contributed by atoms with E-state index in [0.29, 0.717) is 23.0 Å². The van der Waals surface area contributed by atoms with Gasteiger partial charge in [0.15, 0.2) is 11.5 Å². The number of likely N-dealkylation sites (N-methyl/N-ethyl adjacent to an activating group) is 1. The first-order valence-electron chi connectivity index (χ1n) is 8.86. The van der Waals surface area contributed by atoms with E-state index in [1.54, 1.807) is 7.05 Å². The second kappa shape index (κ2) is 6.05. The fourth-order valence-electron chi connectivity index (χ4n) is 4.00. The van der Waals surface area contributed by atoms with Crippen molar-refractivity contribution in [1.82, 2.24) is 4.90 Å². The number of piperidine rings is 1. The van der Waals surface area contributed by atoms with Gasteiger partial charge in [0.2, 0.25) is 12.7 Å². The molecular weight excluding hydrogens is 365 g/mol. The van der Waals surface area contributed by atoms with Gasteiger partial charge in [-0.05, 0) is 42.0 Å². The van der Waals surface area contributed by atoms with Crippen LogP contribution >= 0.6 is 0 Å². The van der Waals surface area contributed by atoms with Crippen molar-refractivity contribution in [3.8, 4) is 11.5 Å².